The number of aromatic nitrogens is 3. The van der Waals surface area contributed by atoms with Crippen molar-refractivity contribution in [2.75, 3.05) is 19.0 Å². The van der Waals surface area contributed by atoms with Gasteiger partial charge >= 0.3 is 0 Å². The first-order valence-electron chi connectivity index (χ1n) is 6.88. The highest BCUT2D eigenvalue weighted by Crippen LogP contribution is 2.26. The second-order valence-corrected chi connectivity index (χ2v) is 5.17. The van der Waals surface area contributed by atoms with Gasteiger partial charge in [-0.05, 0) is 0 Å². The highest BCUT2D eigenvalue weighted by Gasteiger charge is 2.36. The Morgan fingerprint density at radius 1 is 1.43 bits per heavy atom. The van der Waals surface area contributed by atoms with Crippen LogP contribution in [0.2, 0.25) is 0 Å². The van der Waals surface area contributed by atoms with Crippen LogP contribution in [0.25, 0.3) is 0 Å². The third-order valence-electron chi connectivity index (χ3n) is 3.63. The van der Waals surface area contributed by atoms with Crippen molar-refractivity contribution in [3.8, 4) is 0 Å². The molecule has 0 aliphatic carbocycles. The van der Waals surface area contributed by atoms with Gasteiger partial charge in [0.05, 0.1) is 19.1 Å². The lowest BCUT2D eigenvalue weighted by atomic mass is 10.3. The minimum Gasteiger partial charge on any atom is -0.360 e. The van der Waals surface area contributed by atoms with Crippen LogP contribution in [0.5, 0.6) is 0 Å². The maximum atomic E-state index is 12.3. The lowest BCUT2D eigenvalue weighted by Gasteiger charge is -2.36. The molecule has 0 aromatic carbocycles. The molecule has 0 saturated heterocycles. The van der Waals surface area contributed by atoms with E-state index in [9.17, 15) is 14.7 Å². The van der Waals surface area contributed by atoms with Gasteiger partial charge in [-0.3, -0.25) is 14.5 Å². The van der Waals surface area contributed by atoms with Crippen LogP contribution in [0, 0.1) is 0 Å². The van der Waals surface area contributed by atoms with Crippen molar-refractivity contribution in [1.29, 1.82) is 0 Å². The number of aliphatic hydroxyl groups is 1. The second-order valence-electron chi connectivity index (χ2n) is 5.17. The molecule has 1 atom stereocenters. The quantitative estimate of drug-likeness (QED) is 0.741. The minimum atomic E-state index is -1.08. The summed E-state index contributed by atoms with van der Waals surface area (Å²) in [7, 11) is 3.10. The zero-order valence-corrected chi connectivity index (χ0v) is 12.6. The van der Waals surface area contributed by atoms with Crippen LogP contribution in [0.15, 0.2) is 23.1 Å². The summed E-state index contributed by atoms with van der Waals surface area (Å²) in [5, 5.41) is 16.1. The molecule has 10 nitrogen and oxygen atoms in total. The van der Waals surface area contributed by atoms with E-state index in [1.807, 2.05) is 0 Å². The maximum absolute atomic E-state index is 12.3. The zero-order chi connectivity index (χ0) is 16.6. The number of rotatable bonds is 4. The standard InChI is InChI=1S/C13H16N6O4/c1-17-11-10(12(21)18(2)13(17)22)19(7-15-11)6-9(20)14-5-8-3-4-16-23-8/h3-4,7,13,22H,5-6H2,1-2H3,(H,14,20). The van der Waals surface area contributed by atoms with E-state index >= 15 is 0 Å². The van der Waals surface area contributed by atoms with Gasteiger partial charge in [-0.1, -0.05) is 5.16 Å². The highest BCUT2D eigenvalue weighted by molar-refractivity contribution is 5.99. The second kappa shape index (κ2) is 5.72. The van der Waals surface area contributed by atoms with Crippen molar-refractivity contribution in [3.63, 3.8) is 0 Å². The van der Waals surface area contributed by atoms with E-state index in [2.05, 4.69) is 15.5 Å². The summed E-state index contributed by atoms with van der Waals surface area (Å²) in [5.74, 6) is 0.172. The van der Waals surface area contributed by atoms with Gasteiger partial charge in [-0.25, -0.2) is 4.98 Å². The molecule has 10 heteroatoms. The Morgan fingerprint density at radius 3 is 2.91 bits per heavy atom. The lowest BCUT2D eigenvalue weighted by Crippen LogP contribution is -2.52. The molecule has 0 radical (unpaired) electrons. The van der Waals surface area contributed by atoms with E-state index in [-0.39, 0.29) is 24.7 Å². The van der Waals surface area contributed by atoms with Crippen LogP contribution in [-0.4, -0.2) is 57.0 Å². The molecule has 2 amide bonds. The molecule has 3 rings (SSSR count). The van der Waals surface area contributed by atoms with Crippen molar-refractivity contribution in [2.45, 2.75) is 19.4 Å². The molecule has 0 bridgehead atoms. The summed E-state index contributed by atoms with van der Waals surface area (Å²) >= 11 is 0. The van der Waals surface area contributed by atoms with Crippen molar-refractivity contribution in [1.82, 2.24) is 24.9 Å². The molecular formula is C13H16N6O4. The van der Waals surface area contributed by atoms with Crippen molar-refractivity contribution >= 4 is 17.6 Å². The van der Waals surface area contributed by atoms with Crippen LogP contribution < -0.4 is 10.2 Å². The first kappa shape index (κ1) is 15.0. The number of carbonyl (C=O) groups excluding carboxylic acids is 2. The minimum absolute atomic E-state index is 0.0695. The first-order chi connectivity index (χ1) is 11.0. The van der Waals surface area contributed by atoms with E-state index in [0.29, 0.717) is 11.6 Å². The van der Waals surface area contributed by atoms with Crippen LogP contribution in [0.1, 0.15) is 16.2 Å². The molecule has 0 saturated carbocycles. The number of carbonyl (C=O) groups is 2. The predicted octanol–water partition coefficient (Wildman–Crippen LogP) is -1.01. The maximum Gasteiger partial charge on any atom is 0.277 e. The van der Waals surface area contributed by atoms with E-state index in [4.69, 9.17) is 4.52 Å². The molecule has 0 spiro atoms. The fourth-order valence-electron chi connectivity index (χ4n) is 2.34. The number of fused-ring (bicyclic) bond motifs is 1. The molecule has 1 unspecified atom stereocenters. The van der Waals surface area contributed by atoms with Crippen LogP contribution in [0.3, 0.4) is 0 Å². The third-order valence-corrected chi connectivity index (χ3v) is 3.63. The van der Waals surface area contributed by atoms with Crippen LogP contribution in [-0.2, 0) is 17.9 Å². The molecule has 23 heavy (non-hydrogen) atoms. The average molecular weight is 320 g/mol. The summed E-state index contributed by atoms with van der Waals surface area (Å²) in [4.78, 5) is 31.1. The Labute approximate surface area is 131 Å². The Balaban J connectivity index is 1.73. The van der Waals surface area contributed by atoms with Crippen molar-refractivity contribution in [2.24, 2.45) is 0 Å². The molecule has 1 aliphatic rings. The molecule has 1 aliphatic heterocycles. The first-order valence-corrected chi connectivity index (χ1v) is 6.88. The Morgan fingerprint density at radius 2 is 2.22 bits per heavy atom. The average Bonchev–Trinajstić information content (AvgIpc) is 3.18. The van der Waals surface area contributed by atoms with Gasteiger partial charge in [0.1, 0.15) is 6.54 Å². The Hall–Kier alpha value is -2.88. The number of imidazole rings is 1. The van der Waals surface area contributed by atoms with E-state index < -0.39 is 12.3 Å². The van der Waals surface area contributed by atoms with Crippen LogP contribution in [0.4, 0.5) is 5.82 Å². The normalized spacial score (nSPS) is 17.3. The highest BCUT2D eigenvalue weighted by atomic mass is 16.5. The summed E-state index contributed by atoms with van der Waals surface area (Å²) < 4.78 is 6.34. The lowest BCUT2D eigenvalue weighted by molar-refractivity contribution is -0.121. The van der Waals surface area contributed by atoms with Crippen molar-refractivity contribution in [3.05, 3.63) is 30.0 Å². The molecule has 0 fully saturated rings. The fourth-order valence-corrected chi connectivity index (χ4v) is 2.34. The number of hydrogen-bond donors (Lipinski definition) is 2. The van der Waals surface area contributed by atoms with E-state index in [1.54, 1.807) is 13.1 Å². The smallest absolute Gasteiger partial charge is 0.277 e. The summed E-state index contributed by atoms with van der Waals surface area (Å²) in [5.41, 5.74) is 0.259. The van der Waals surface area contributed by atoms with Gasteiger partial charge in [0, 0.05) is 20.2 Å². The molecular weight excluding hydrogens is 304 g/mol. The van der Waals surface area contributed by atoms with E-state index in [0.717, 1.165) is 0 Å². The molecule has 2 aromatic rings. The number of anilines is 1. The predicted molar refractivity (Wildman–Crippen MR) is 77.1 cm³/mol. The molecule has 2 N–H and O–H groups in total. The number of hydrogen-bond acceptors (Lipinski definition) is 7. The third kappa shape index (κ3) is 2.63. The number of nitrogens with zero attached hydrogens (tertiary/aromatic N) is 5. The monoisotopic (exact) mass is 320 g/mol. The number of nitrogens with one attached hydrogen (secondary N) is 1. The summed E-state index contributed by atoms with van der Waals surface area (Å²) in [6.45, 7) is 0.141. The largest absolute Gasteiger partial charge is 0.360 e. The van der Waals surface area contributed by atoms with Gasteiger partial charge in [0.15, 0.2) is 17.3 Å². The topological polar surface area (TPSA) is 117 Å². The fraction of sp³-hybridized carbons (Fsp3) is 0.385. The van der Waals surface area contributed by atoms with Gasteiger partial charge in [0.25, 0.3) is 5.91 Å². The Bertz CT molecular complexity index is 725. The number of aliphatic hydroxyl groups excluding tert-OH is 1. The van der Waals surface area contributed by atoms with Gasteiger partial charge < -0.3 is 24.4 Å². The van der Waals surface area contributed by atoms with Crippen molar-refractivity contribution < 1.29 is 19.2 Å². The Kier molecular flexibility index (Phi) is 3.74. The van der Waals surface area contributed by atoms with Crippen LogP contribution >= 0.6 is 0 Å². The molecule has 2 aromatic heterocycles. The summed E-state index contributed by atoms with van der Waals surface area (Å²) in [6.07, 6.45) is 1.81. The number of amides is 2. The molecule has 122 valence electrons. The van der Waals surface area contributed by atoms with Gasteiger partial charge in [-0.15, -0.1) is 0 Å². The van der Waals surface area contributed by atoms with Gasteiger partial charge in [-0.2, -0.15) is 0 Å². The van der Waals surface area contributed by atoms with E-state index in [1.165, 1.54) is 33.9 Å². The molecule has 3 heterocycles. The summed E-state index contributed by atoms with van der Waals surface area (Å²) in [6, 6.07) is 1.65. The zero-order valence-electron chi connectivity index (χ0n) is 12.6. The SMILES string of the molecule is CN1C(=O)c2c(ncn2CC(=O)NCc2ccno2)N(C)C1O. The van der Waals surface area contributed by atoms with Gasteiger partial charge in [0.2, 0.25) is 12.3 Å².